The Bertz CT molecular complexity index is 1200. The Balaban J connectivity index is 1.61. The molecule has 1 aliphatic rings. The fraction of sp³-hybridized carbons (Fsp3) is 0.400. The number of carbonyl (C=O) groups is 1. The maximum Gasteiger partial charge on any atom is 0.263 e. The zero-order chi connectivity index (χ0) is 22.7. The second kappa shape index (κ2) is 10.0. The quantitative estimate of drug-likeness (QED) is 0.274. The number of aromatic nitrogens is 2. The van der Waals surface area contributed by atoms with Gasteiger partial charge in [-0.1, -0.05) is 49.9 Å². The molecule has 0 saturated carbocycles. The molecule has 7 heteroatoms. The molecule has 0 unspecified atom stereocenters. The van der Waals surface area contributed by atoms with Crippen LogP contribution in [0.25, 0.3) is 10.2 Å². The first-order valence-electron chi connectivity index (χ1n) is 11.3. The van der Waals surface area contributed by atoms with Crippen LogP contribution in [0.1, 0.15) is 48.3 Å². The number of anilines is 1. The number of rotatable bonds is 8. The second-order valence-electron chi connectivity index (χ2n) is 7.99. The molecule has 4 rings (SSSR count). The summed E-state index contributed by atoms with van der Waals surface area (Å²) < 4.78 is 1.66. The molecule has 0 spiro atoms. The highest BCUT2D eigenvalue weighted by Gasteiger charge is 2.22. The van der Waals surface area contributed by atoms with Crippen LogP contribution in [0.5, 0.6) is 0 Å². The molecule has 0 atom stereocenters. The normalized spacial score (nSPS) is 13.2. The minimum atomic E-state index is -0.0874. The van der Waals surface area contributed by atoms with Gasteiger partial charge in [0.1, 0.15) is 4.83 Å². The Hall–Kier alpha value is -2.38. The summed E-state index contributed by atoms with van der Waals surface area (Å²) in [5.41, 5.74) is 4.36. The molecular formula is C25H29N3O2S2. The van der Waals surface area contributed by atoms with Crippen molar-refractivity contribution >= 4 is 44.9 Å². The Labute approximate surface area is 197 Å². The van der Waals surface area contributed by atoms with E-state index in [1.807, 2.05) is 6.07 Å². The smallest absolute Gasteiger partial charge is 0.263 e. The van der Waals surface area contributed by atoms with Crippen LogP contribution >= 0.6 is 23.1 Å². The fourth-order valence-electron chi connectivity index (χ4n) is 4.33. The Kier molecular flexibility index (Phi) is 7.16. The first-order valence-corrected chi connectivity index (χ1v) is 13.1. The summed E-state index contributed by atoms with van der Waals surface area (Å²) in [6.45, 7) is 8.37. The number of hydrogen-bond acceptors (Lipinski definition) is 5. The first kappa shape index (κ1) is 22.8. The molecule has 0 bridgehead atoms. The van der Waals surface area contributed by atoms with Crippen LogP contribution in [-0.2, 0) is 37.0 Å². The zero-order valence-corrected chi connectivity index (χ0v) is 20.3. The summed E-state index contributed by atoms with van der Waals surface area (Å²) in [5, 5.41) is 4.45. The van der Waals surface area contributed by atoms with Crippen molar-refractivity contribution in [1.29, 1.82) is 0 Å². The highest BCUT2D eigenvalue weighted by molar-refractivity contribution is 7.99. The maximum atomic E-state index is 13.3. The van der Waals surface area contributed by atoms with Crippen LogP contribution < -0.4 is 10.9 Å². The monoisotopic (exact) mass is 467 g/mol. The molecule has 168 valence electrons. The summed E-state index contributed by atoms with van der Waals surface area (Å²) >= 11 is 2.95. The highest BCUT2D eigenvalue weighted by Crippen LogP contribution is 2.34. The van der Waals surface area contributed by atoms with Crippen LogP contribution in [0, 0.1) is 0 Å². The van der Waals surface area contributed by atoms with Gasteiger partial charge >= 0.3 is 0 Å². The summed E-state index contributed by atoms with van der Waals surface area (Å²) in [4.78, 5) is 33.1. The number of nitrogens with zero attached hydrogens (tertiary/aromatic N) is 2. The maximum absolute atomic E-state index is 13.3. The number of fused-ring (bicyclic) bond motifs is 3. The Morgan fingerprint density at radius 2 is 1.97 bits per heavy atom. The van der Waals surface area contributed by atoms with E-state index >= 15 is 0 Å². The SMILES string of the molecule is C=CCn1c(SCC(=O)Nc2c(CC)cccc2CC)nc2sc3c(c2c1=O)CCCC3. The van der Waals surface area contributed by atoms with Gasteiger partial charge in [0.25, 0.3) is 5.56 Å². The van der Waals surface area contributed by atoms with Crippen LogP contribution in [-0.4, -0.2) is 21.2 Å². The van der Waals surface area contributed by atoms with Crippen molar-refractivity contribution < 1.29 is 4.79 Å². The van der Waals surface area contributed by atoms with E-state index in [2.05, 4.69) is 37.9 Å². The standard InChI is InChI=1S/C25H29N3O2S2/c1-4-14-28-24(30)21-18-12-7-8-13-19(18)32-23(21)27-25(28)31-15-20(29)26-22-16(5-2)10-9-11-17(22)6-3/h4,9-11H,1,5-8,12-15H2,2-3H3,(H,26,29). The molecule has 3 aromatic rings. The molecule has 0 fully saturated rings. The molecule has 1 amide bonds. The van der Waals surface area contributed by atoms with Gasteiger partial charge in [0, 0.05) is 17.1 Å². The number of carbonyl (C=O) groups excluding carboxylic acids is 1. The number of allylic oxidation sites excluding steroid dienone is 1. The average molecular weight is 468 g/mol. The molecule has 1 N–H and O–H groups in total. The van der Waals surface area contributed by atoms with Crippen molar-refractivity contribution in [3.8, 4) is 0 Å². The van der Waals surface area contributed by atoms with Gasteiger partial charge in [0.15, 0.2) is 5.16 Å². The Morgan fingerprint density at radius 1 is 1.25 bits per heavy atom. The molecule has 0 saturated heterocycles. The number of benzene rings is 1. The summed E-state index contributed by atoms with van der Waals surface area (Å²) in [5.74, 6) is 0.108. The molecular weight excluding hydrogens is 438 g/mol. The summed E-state index contributed by atoms with van der Waals surface area (Å²) in [6, 6.07) is 6.14. The number of thioether (sulfide) groups is 1. The lowest BCUT2D eigenvalue weighted by molar-refractivity contribution is -0.113. The lowest BCUT2D eigenvalue weighted by Gasteiger charge is -2.15. The van der Waals surface area contributed by atoms with Crippen molar-refractivity contribution in [2.75, 3.05) is 11.1 Å². The van der Waals surface area contributed by atoms with Gasteiger partial charge in [-0.3, -0.25) is 14.2 Å². The van der Waals surface area contributed by atoms with Crippen molar-refractivity contribution in [1.82, 2.24) is 9.55 Å². The molecule has 32 heavy (non-hydrogen) atoms. The number of amides is 1. The third-order valence-corrected chi connectivity index (χ3v) is 8.11. The molecule has 5 nitrogen and oxygen atoms in total. The van der Waals surface area contributed by atoms with E-state index in [0.29, 0.717) is 11.7 Å². The number of para-hydroxylation sites is 1. The summed E-state index contributed by atoms with van der Waals surface area (Å²) in [6.07, 6.45) is 7.69. The predicted octanol–water partition coefficient (Wildman–Crippen LogP) is 5.38. The van der Waals surface area contributed by atoms with Crippen LogP contribution in [0.15, 0.2) is 40.8 Å². The highest BCUT2D eigenvalue weighted by atomic mass is 32.2. The van der Waals surface area contributed by atoms with Crippen LogP contribution in [0.2, 0.25) is 0 Å². The van der Waals surface area contributed by atoms with Crippen molar-refractivity contribution in [3.63, 3.8) is 0 Å². The number of thiophene rings is 1. The number of aryl methyl sites for hydroxylation is 4. The van der Waals surface area contributed by atoms with E-state index in [9.17, 15) is 9.59 Å². The van der Waals surface area contributed by atoms with Gasteiger partial charge in [-0.2, -0.15) is 0 Å². The largest absolute Gasteiger partial charge is 0.325 e. The van der Waals surface area contributed by atoms with E-state index in [4.69, 9.17) is 4.98 Å². The minimum absolute atomic E-state index is 0.0122. The van der Waals surface area contributed by atoms with Crippen molar-refractivity contribution in [2.45, 2.75) is 64.1 Å². The van der Waals surface area contributed by atoms with Gasteiger partial charge < -0.3 is 5.32 Å². The lowest BCUT2D eigenvalue weighted by Crippen LogP contribution is -2.24. The lowest BCUT2D eigenvalue weighted by atomic mass is 9.97. The molecule has 1 aliphatic carbocycles. The van der Waals surface area contributed by atoms with Gasteiger partial charge in [0.2, 0.25) is 5.91 Å². The molecule has 2 aromatic heterocycles. The van der Waals surface area contributed by atoms with Gasteiger partial charge in [0.05, 0.1) is 11.1 Å². The van der Waals surface area contributed by atoms with Crippen molar-refractivity contribution in [2.24, 2.45) is 0 Å². The number of nitrogens with one attached hydrogen (secondary N) is 1. The van der Waals surface area contributed by atoms with Crippen LogP contribution in [0.3, 0.4) is 0 Å². The first-order chi connectivity index (χ1) is 15.6. The minimum Gasteiger partial charge on any atom is -0.325 e. The topological polar surface area (TPSA) is 64.0 Å². The predicted molar refractivity (Wildman–Crippen MR) is 135 cm³/mol. The third-order valence-electron chi connectivity index (χ3n) is 5.95. The third kappa shape index (κ3) is 4.41. The zero-order valence-electron chi connectivity index (χ0n) is 18.7. The van der Waals surface area contributed by atoms with E-state index in [1.54, 1.807) is 22.0 Å². The second-order valence-corrected chi connectivity index (χ2v) is 10.0. The molecule has 2 heterocycles. The van der Waals surface area contributed by atoms with E-state index in [-0.39, 0.29) is 17.2 Å². The summed E-state index contributed by atoms with van der Waals surface area (Å²) in [7, 11) is 0. The average Bonchev–Trinajstić information content (AvgIpc) is 3.18. The van der Waals surface area contributed by atoms with Gasteiger partial charge in [-0.15, -0.1) is 17.9 Å². The van der Waals surface area contributed by atoms with Crippen LogP contribution in [0.4, 0.5) is 5.69 Å². The van der Waals surface area contributed by atoms with E-state index in [0.717, 1.165) is 59.1 Å². The Morgan fingerprint density at radius 3 is 2.66 bits per heavy atom. The fourth-order valence-corrected chi connectivity index (χ4v) is 6.44. The van der Waals surface area contributed by atoms with E-state index < -0.39 is 0 Å². The van der Waals surface area contributed by atoms with Crippen molar-refractivity contribution in [3.05, 3.63) is 62.8 Å². The van der Waals surface area contributed by atoms with E-state index in [1.165, 1.54) is 28.6 Å². The van der Waals surface area contributed by atoms with Gasteiger partial charge in [-0.05, 0) is 55.2 Å². The van der Waals surface area contributed by atoms with Gasteiger partial charge in [-0.25, -0.2) is 4.98 Å². The molecule has 0 aliphatic heterocycles. The molecule has 1 aromatic carbocycles. The molecule has 0 radical (unpaired) electrons. The number of hydrogen-bond donors (Lipinski definition) is 1.